The van der Waals surface area contributed by atoms with Crippen LogP contribution in [0.4, 0.5) is 0 Å². The van der Waals surface area contributed by atoms with E-state index in [9.17, 15) is 9.90 Å². The van der Waals surface area contributed by atoms with Gasteiger partial charge in [-0.3, -0.25) is 4.79 Å². The fourth-order valence-corrected chi connectivity index (χ4v) is 1.65. The highest BCUT2D eigenvalue weighted by molar-refractivity contribution is 5.71. The van der Waals surface area contributed by atoms with Crippen LogP contribution in [0.15, 0.2) is 30.3 Å². The fourth-order valence-electron chi connectivity index (χ4n) is 1.65. The van der Waals surface area contributed by atoms with Gasteiger partial charge in [-0.2, -0.15) is 0 Å². The van der Waals surface area contributed by atoms with E-state index in [0.29, 0.717) is 6.42 Å². The number of cyclic esters (lactones) is 1. The van der Waals surface area contributed by atoms with Crippen LogP contribution in [0.2, 0.25) is 0 Å². The maximum absolute atomic E-state index is 11.1. The summed E-state index contributed by atoms with van der Waals surface area (Å²) >= 11 is 0. The van der Waals surface area contributed by atoms with Crippen molar-refractivity contribution in [3.63, 3.8) is 0 Å². The molecular formula is C11H12O3. The van der Waals surface area contributed by atoms with Crippen LogP contribution in [-0.4, -0.2) is 17.2 Å². The van der Waals surface area contributed by atoms with Crippen LogP contribution in [0.1, 0.15) is 24.5 Å². The summed E-state index contributed by atoms with van der Waals surface area (Å²) in [6, 6.07) is 9.49. The van der Waals surface area contributed by atoms with Crippen molar-refractivity contribution >= 4 is 5.97 Å². The number of esters is 1. The van der Waals surface area contributed by atoms with Crippen molar-refractivity contribution in [1.29, 1.82) is 0 Å². The summed E-state index contributed by atoms with van der Waals surface area (Å²) < 4.78 is 5.14. The third-order valence-corrected chi connectivity index (χ3v) is 2.33. The molecule has 14 heavy (non-hydrogen) atoms. The van der Waals surface area contributed by atoms with E-state index in [4.69, 9.17) is 4.74 Å². The van der Waals surface area contributed by atoms with Crippen molar-refractivity contribution in [2.24, 2.45) is 0 Å². The zero-order valence-electron chi connectivity index (χ0n) is 7.72. The first-order valence-corrected chi connectivity index (χ1v) is 4.68. The smallest absolute Gasteiger partial charge is 0.309 e. The number of aliphatic hydroxyl groups is 1. The van der Waals surface area contributed by atoms with E-state index in [1.807, 2.05) is 30.3 Å². The standard InChI is InChI=1S/C11H12O3/c12-9-6-10(14-11(13)7-9)8-4-2-1-3-5-8/h1-5,9-10,12H,6-7H2/t9-,10-/m0/s1. The second-order valence-corrected chi connectivity index (χ2v) is 3.48. The van der Waals surface area contributed by atoms with Crippen LogP contribution in [0.25, 0.3) is 0 Å². The van der Waals surface area contributed by atoms with E-state index >= 15 is 0 Å². The molecule has 74 valence electrons. The molecule has 0 radical (unpaired) electrons. The Morgan fingerprint density at radius 2 is 2.00 bits per heavy atom. The predicted octanol–water partition coefficient (Wildman–Crippen LogP) is 1.43. The van der Waals surface area contributed by atoms with Crippen molar-refractivity contribution < 1.29 is 14.6 Å². The van der Waals surface area contributed by atoms with Crippen LogP contribution in [-0.2, 0) is 9.53 Å². The van der Waals surface area contributed by atoms with Gasteiger partial charge in [0, 0.05) is 6.42 Å². The van der Waals surface area contributed by atoms with Crippen LogP contribution in [0.3, 0.4) is 0 Å². The lowest BCUT2D eigenvalue weighted by molar-refractivity contribution is -0.160. The number of ether oxygens (including phenoxy) is 1. The second kappa shape index (κ2) is 3.80. The highest BCUT2D eigenvalue weighted by Gasteiger charge is 2.27. The van der Waals surface area contributed by atoms with Crippen molar-refractivity contribution in [2.45, 2.75) is 25.0 Å². The van der Waals surface area contributed by atoms with Gasteiger partial charge in [0.2, 0.25) is 0 Å². The van der Waals surface area contributed by atoms with Gasteiger partial charge in [-0.05, 0) is 5.56 Å². The number of rotatable bonds is 1. The average Bonchev–Trinajstić information content (AvgIpc) is 2.18. The van der Waals surface area contributed by atoms with Crippen molar-refractivity contribution in [3.8, 4) is 0 Å². The molecule has 3 heteroatoms. The molecule has 0 saturated carbocycles. The Labute approximate surface area is 82.3 Å². The maximum atomic E-state index is 11.1. The van der Waals surface area contributed by atoms with Gasteiger partial charge in [-0.25, -0.2) is 0 Å². The van der Waals surface area contributed by atoms with Crippen LogP contribution < -0.4 is 0 Å². The summed E-state index contributed by atoms with van der Waals surface area (Å²) in [6.45, 7) is 0. The lowest BCUT2D eigenvalue weighted by atomic mass is 9.99. The van der Waals surface area contributed by atoms with Crippen molar-refractivity contribution in [3.05, 3.63) is 35.9 Å². The molecule has 1 aliphatic rings. The van der Waals surface area contributed by atoms with E-state index < -0.39 is 6.10 Å². The second-order valence-electron chi connectivity index (χ2n) is 3.48. The van der Waals surface area contributed by atoms with Crippen molar-refractivity contribution in [1.82, 2.24) is 0 Å². The van der Waals surface area contributed by atoms with Gasteiger partial charge in [0.1, 0.15) is 6.10 Å². The van der Waals surface area contributed by atoms with Gasteiger partial charge >= 0.3 is 5.97 Å². The molecule has 0 amide bonds. The molecule has 0 aromatic heterocycles. The molecular weight excluding hydrogens is 180 g/mol. The number of hydrogen-bond acceptors (Lipinski definition) is 3. The third-order valence-electron chi connectivity index (χ3n) is 2.33. The number of carbonyl (C=O) groups is 1. The molecule has 3 nitrogen and oxygen atoms in total. The van der Waals surface area contributed by atoms with Crippen LogP contribution in [0.5, 0.6) is 0 Å². The Balaban J connectivity index is 2.15. The van der Waals surface area contributed by atoms with Gasteiger partial charge in [-0.1, -0.05) is 30.3 Å². The molecule has 1 aromatic carbocycles. The largest absolute Gasteiger partial charge is 0.457 e. The van der Waals surface area contributed by atoms with E-state index in [0.717, 1.165) is 5.56 Å². The lowest BCUT2D eigenvalue weighted by Crippen LogP contribution is -2.27. The average molecular weight is 192 g/mol. The number of aliphatic hydroxyl groups excluding tert-OH is 1. The van der Waals surface area contributed by atoms with E-state index in [1.165, 1.54) is 0 Å². The summed E-state index contributed by atoms with van der Waals surface area (Å²) in [5.41, 5.74) is 0.944. The predicted molar refractivity (Wildman–Crippen MR) is 50.5 cm³/mol. The summed E-state index contributed by atoms with van der Waals surface area (Å²) in [6.07, 6.45) is -0.243. The first kappa shape index (κ1) is 9.21. The molecule has 0 bridgehead atoms. The van der Waals surface area contributed by atoms with Crippen molar-refractivity contribution in [2.75, 3.05) is 0 Å². The van der Waals surface area contributed by atoms with E-state index in [1.54, 1.807) is 0 Å². The highest BCUT2D eigenvalue weighted by atomic mass is 16.5. The molecule has 0 unspecified atom stereocenters. The minimum Gasteiger partial charge on any atom is -0.457 e. The molecule has 1 N–H and O–H groups in total. The molecule has 1 fully saturated rings. The monoisotopic (exact) mass is 192 g/mol. The van der Waals surface area contributed by atoms with Crippen LogP contribution >= 0.6 is 0 Å². The molecule has 1 heterocycles. The lowest BCUT2D eigenvalue weighted by Gasteiger charge is -2.26. The Morgan fingerprint density at radius 3 is 2.64 bits per heavy atom. The molecule has 1 aliphatic heterocycles. The summed E-state index contributed by atoms with van der Waals surface area (Å²) in [5, 5.41) is 9.41. The molecule has 2 rings (SSSR count). The topological polar surface area (TPSA) is 46.5 Å². The minimum absolute atomic E-state index is 0.114. The number of benzene rings is 1. The minimum atomic E-state index is -0.568. The Hall–Kier alpha value is -1.35. The van der Waals surface area contributed by atoms with E-state index in [-0.39, 0.29) is 18.5 Å². The molecule has 0 aliphatic carbocycles. The zero-order valence-corrected chi connectivity index (χ0v) is 7.72. The third kappa shape index (κ3) is 1.93. The zero-order chi connectivity index (χ0) is 9.97. The quantitative estimate of drug-likeness (QED) is 0.684. The highest BCUT2D eigenvalue weighted by Crippen LogP contribution is 2.28. The normalized spacial score (nSPS) is 27.1. The first-order chi connectivity index (χ1) is 6.75. The molecule has 0 spiro atoms. The first-order valence-electron chi connectivity index (χ1n) is 4.68. The summed E-state index contributed by atoms with van der Waals surface area (Å²) in [5.74, 6) is -0.322. The molecule has 1 aromatic rings. The van der Waals surface area contributed by atoms with Gasteiger partial charge in [0.25, 0.3) is 0 Å². The van der Waals surface area contributed by atoms with Gasteiger partial charge < -0.3 is 9.84 Å². The van der Waals surface area contributed by atoms with Gasteiger partial charge in [-0.15, -0.1) is 0 Å². The van der Waals surface area contributed by atoms with Crippen LogP contribution in [0, 0.1) is 0 Å². The SMILES string of the molecule is O=C1C[C@@H](O)C[C@@H](c2ccccc2)O1. The summed E-state index contributed by atoms with van der Waals surface area (Å²) in [7, 11) is 0. The fraction of sp³-hybridized carbons (Fsp3) is 0.364. The molecule has 2 atom stereocenters. The Bertz CT molecular complexity index is 321. The van der Waals surface area contributed by atoms with Gasteiger partial charge in [0.05, 0.1) is 12.5 Å². The number of carbonyl (C=O) groups excluding carboxylic acids is 1. The Morgan fingerprint density at radius 1 is 1.29 bits per heavy atom. The molecule has 1 saturated heterocycles. The van der Waals surface area contributed by atoms with E-state index in [2.05, 4.69) is 0 Å². The maximum Gasteiger partial charge on any atom is 0.309 e. The number of hydrogen-bond donors (Lipinski definition) is 1. The summed E-state index contributed by atoms with van der Waals surface area (Å²) in [4.78, 5) is 11.1. The van der Waals surface area contributed by atoms with Gasteiger partial charge in [0.15, 0.2) is 0 Å². The Kier molecular flexibility index (Phi) is 2.50.